The van der Waals surface area contributed by atoms with Gasteiger partial charge in [-0.25, -0.2) is 4.98 Å². The molecule has 2 heteroatoms. The van der Waals surface area contributed by atoms with E-state index in [2.05, 4.69) is 59.4 Å². The molecule has 1 unspecified atom stereocenters. The summed E-state index contributed by atoms with van der Waals surface area (Å²) >= 11 is 0. The number of H-pyrrole nitrogens is 1. The Hall–Kier alpha value is -2.09. The highest BCUT2D eigenvalue weighted by atomic mass is 14.9. The van der Waals surface area contributed by atoms with E-state index in [1.165, 1.54) is 22.0 Å². The smallest absolute Gasteiger partial charge is 0.0921 e. The zero-order valence-corrected chi connectivity index (χ0v) is 10.4. The van der Waals surface area contributed by atoms with Crippen LogP contribution in [0.4, 0.5) is 0 Å². The Morgan fingerprint density at radius 2 is 1.94 bits per heavy atom. The summed E-state index contributed by atoms with van der Waals surface area (Å²) in [6.45, 7) is 2.22. The van der Waals surface area contributed by atoms with Crippen LogP contribution in [0.3, 0.4) is 0 Å². The Labute approximate surface area is 107 Å². The van der Waals surface area contributed by atoms with E-state index in [1.54, 1.807) is 6.33 Å². The molecule has 1 heterocycles. The Kier molecular flexibility index (Phi) is 2.85. The van der Waals surface area contributed by atoms with Crippen LogP contribution < -0.4 is 0 Å². The van der Waals surface area contributed by atoms with Gasteiger partial charge in [0, 0.05) is 17.8 Å². The molecular weight excluding hydrogens is 220 g/mol. The summed E-state index contributed by atoms with van der Waals surface area (Å²) in [5.74, 6) is 0.388. The molecule has 0 fully saturated rings. The second-order valence-electron chi connectivity index (χ2n) is 4.54. The van der Waals surface area contributed by atoms with Crippen molar-refractivity contribution in [3.05, 3.63) is 66.2 Å². The molecule has 0 aliphatic rings. The molecule has 2 nitrogen and oxygen atoms in total. The minimum absolute atomic E-state index is 0.388. The van der Waals surface area contributed by atoms with Gasteiger partial charge in [-0.05, 0) is 22.8 Å². The van der Waals surface area contributed by atoms with Gasteiger partial charge in [-0.15, -0.1) is 0 Å². The van der Waals surface area contributed by atoms with Gasteiger partial charge in [0.25, 0.3) is 0 Å². The molecule has 0 spiro atoms. The molecule has 90 valence electrons. The van der Waals surface area contributed by atoms with Gasteiger partial charge in [0.1, 0.15) is 0 Å². The molecule has 0 radical (unpaired) electrons. The third-order valence-electron chi connectivity index (χ3n) is 3.50. The van der Waals surface area contributed by atoms with E-state index >= 15 is 0 Å². The Balaban J connectivity index is 2.18. The minimum Gasteiger partial charge on any atom is -0.348 e. The van der Waals surface area contributed by atoms with Crippen molar-refractivity contribution in [2.24, 2.45) is 0 Å². The molecule has 0 aliphatic heterocycles. The number of nitrogens with one attached hydrogen (secondary N) is 1. The van der Waals surface area contributed by atoms with Crippen molar-refractivity contribution in [1.29, 1.82) is 0 Å². The van der Waals surface area contributed by atoms with Gasteiger partial charge >= 0.3 is 0 Å². The fourth-order valence-corrected chi connectivity index (χ4v) is 2.62. The lowest BCUT2D eigenvalue weighted by Gasteiger charge is -2.16. The third-order valence-corrected chi connectivity index (χ3v) is 3.50. The van der Waals surface area contributed by atoms with E-state index in [9.17, 15) is 0 Å². The van der Waals surface area contributed by atoms with E-state index in [1.807, 2.05) is 6.20 Å². The van der Waals surface area contributed by atoms with Crippen LogP contribution in [-0.2, 0) is 0 Å². The first kappa shape index (κ1) is 11.0. The van der Waals surface area contributed by atoms with E-state index in [0.29, 0.717) is 5.92 Å². The van der Waals surface area contributed by atoms with Crippen molar-refractivity contribution < 1.29 is 0 Å². The molecule has 0 aliphatic carbocycles. The lowest BCUT2D eigenvalue weighted by molar-refractivity contribution is 0.761. The van der Waals surface area contributed by atoms with E-state index in [4.69, 9.17) is 0 Å². The zero-order valence-electron chi connectivity index (χ0n) is 10.4. The van der Waals surface area contributed by atoms with Crippen molar-refractivity contribution in [2.45, 2.75) is 19.3 Å². The maximum Gasteiger partial charge on any atom is 0.0921 e. The number of fused-ring (bicyclic) bond motifs is 1. The Morgan fingerprint density at radius 1 is 1.11 bits per heavy atom. The van der Waals surface area contributed by atoms with Gasteiger partial charge in [-0.2, -0.15) is 0 Å². The van der Waals surface area contributed by atoms with E-state index < -0.39 is 0 Å². The average Bonchev–Trinajstić information content (AvgIpc) is 2.94. The fourth-order valence-electron chi connectivity index (χ4n) is 2.62. The predicted molar refractivity (Wildman–Crippen MR) is 74.7 cm³/mol. The molecule has 2 aromatic carbocycles. The molecule has 1 aromatic heterocycles. The molecule has 1 atom stereocenters. The van der Waals surface area contributed by atoms with Gasteiger partial charge in [0.05, 0.1) is 6.33 Å². The largest absolute Gasteiger partial charge is 0.348 e. The van der Waals surface area contributed by atoms with Crippen LogP contribution in [0.25, 0.3) is 10.8 Å². The molecule has 0 bridgehead atoms. The molecule has 0 amide bonds. The summed E-state index contributed by atoms with van der Waals surface area (Å²) < 4.78 is 0. The predicted octanol–water partition coefficient (Wildman–Crippen LogP) is 4.10. The number of imidazole rings is 1. The minimum atomic E-state index is 0.388. The number of hydrogen-bond donors (Lipinski definition) is 1. The van der Waals surface area contributed by atoms with E-state index in [0.717, 1.165) is 6.42 Å². The van der Waals surface area contributed by atoms with Gasteiger partial charge < -0.3 is 4.98 Å². The monoisotopic (exact) mass is 236 g/mol. The van der Waals surface area contributed by atoms with Crippen molar-refractivity contribution in [1.82, 2.24) is 9.97 Å². The summed E-state index contributed by atoms with van der Waals surface area (Å²) in [6.07, 6.45) is 4.75. The van der Waals surface area contributed by atoms with Crippen molar-refractivity contribution in [2.75, 3.05) is 0 Å². The van der Waals surface area contributed by atoms with Crippen molar-refractivity contribution in [3.8, 4) is 0 Å². The van der Waals surface area contributed by atoms with Gasteiger partial charge in [0.2, 0.25) is 0 Å². The zero-order chi connectivity index (χ0) is 12.4. The van der Waals surface area contributed by atoms with Gasteiger partial charge in [-0.3, -0.25) is 0 Å². The molecule has 1 N–H and O–H groups in total. The van der Waals surface area contributed by atoms with Gasteiger partial charge in [0.15, 0.2) is 0 Å². The standard InChI is InChI=1S/C16H16N2/c1-2-13(16-10-17-11-18-16)15-9-5-7-12-6-3-4-8-14(12)15/h3-11,13H,2H2,1H3,(H,17,18). The molecule has 0 saturated carbocycles. The Bertz CT molecular complexity index is 636. The number of rotatable bonds is 3. The van der Waals surface area contributed by atoms with Crippen LogP contribution in [0.1, 0.15) is 30.5 Å². The topological polar surface area (TPSA) is 28.7 Å². The summed E-state index contributed by atoms with van der Waals surface area (Å²) in [5, 5.41) is 2.63. The van der Waals surface area contributed by atoms with Crippen LogP contribution in [0.2, 0.25) is 0 Å². The Morgan fingerprint density at radius 3 is 2.72 bits per heavy atom. The van der Waals surface area contributed by atoms with Crippen molar-refractivity contribution >= 4 is 10.8 Å². The van der Waals surface area contributed by atoms with Crippen LogP contribution in [-0.4, -0.2) is 9.97 Å². The van der Waals surface area contributed by atoms with Gasteiger partial charge in [-0.1, -0.05) is 49.4 Å². The number of benzene rings is 2. The first-order chi connectivity index (χ1) is 8.90. The molecule has 3 aromatic rings. The lowest BCUT2D eigenvalue weighted by atomic mass is 9.89. The van der Waals surface area contributed by atoms with Crippen LogP contribution >= 0.6 is 0 Å². The number of nitrogens with zero attached hydrogens (tertiary/aromatic N) is 1. The summed E-state index contributed by atoms with van der Waals surface area (Å²) in [4.78, 5) is 7.38. The highest BCUT2D eigenvalue weighted by molar-refractivity contribution is 5.86. The maximum atomic E-state index is 4.14. The fraction of sp³-hybridized carbons (Fsp3) is 0.188. The van der Waals surface area contributed by atoms with Crippen LogP contribution in [0.5, 0.6) is 0 Å². The van der Waals surface area contributed by atoms with E-state index in [-0.39, 0.29) is 0 Å². The number of aromatic nitrogens is 2. The first-order valence-electron chi connectivity index (χ1n) is 6.36. The molecule has 0 saturated heterocycles. The molecule has 18 heavy (non-hydrogen) atoms. The quantitative estimate of drug-likeness (QED) is 0.728. The van der Waals surface area contributed by atoms with Crippen molar-refractivity contribution in [3.63, 3.8) is 0 Å². The maximum absolute atomic E-state index is 4.14. The SMILES string of the molecule is CCC(c1cnc[nH]1)c1cccc2ccccc12. The summed E-state index contributed by atoms with van der Waals surface area (Å²) in [7, 11) is 0. The second kappa shape index (κ2) is 4.65. The first-order valence-corrected chi connectivity index (χ1v) is 6.36. The lowest BCUT2D eigenvalue weighted by Crippen LogP contribution is -2.00. The number of hydrogen-bond acceptors (Lipinski definition) is 1. The summed E-state index contributed by atoms with van der Waals surface area (Å²) in [6, 6.07) is 15.1. The molecule has 3 rings (SSSR count). The third kappa shape index (κ3) is 1.80. The highest BCUT2D eigenvalue weighted by Crippen LogP contribution is 2.31. The number of aromatic amines is 1. The highest BCUT2D eigenvalue weighted by Gasteiger charge is 2.15. The average molecular weight is 236 g/mol. The second-order valence-corrected chi connectivity index (χ2v) is 4.54. The van der Waals surface area contributed by atoms with Crippen LogP contribution in [0, 0.1) is 0 Å². The normalized spacial score (nSPS) is 12.7. The summed E-state index contributed by atoms with van der Waals surface area (Å²) in [5.41, 5.74) is 2.56. The van der Waals surface area contributed by atoms with Crippen LogP contribution in [0.15, 0.2) is 55.0 Å². The molecular formula is C16H16N2.